The molecule has 5 heteroatoms. The van der Waals surface area contributed by atoms with Crippen molar-refractivity contribution in [1.82, 2.24) is 0 Å². The van der Waals surface area contributed by atoms with Gasteiger partial charge in [-0.05, 0) is 55.0 Å². The molecular formula is C18H19N3O2. The molecular weight excluding hydrogens is 290 g/mol. The van der Waals surface area contributed by atoms with E-state index in [1.54, 1.807) is 30.4 Å². The van der Waals surface area contributed by atoms with Gasteiger partial charge in [-0.15, -0.1) is 0 Å². The molecule has 0 aliphatic heterocycles. The van der Waals surface area contributed by atoms with Crippen molar-refractivity contribution >= 4 is 29.1 Å². The first kappa shape index (κ1) is 16.4. The van der Waals surface area contributed by atoms with Crippen molar-refractivity contribution in [3.05, 3.63) is 59.7 Å². The largest absolute Gasteiger partial charge is 0.478 e. The summed E-state index contributed by atoms with van der Waals surface area (Å²) in [7, 11) is 3.95. The number of hydrogen-bond donors (Lipinski definition) is 1. The number of azo groups is 1. The highest BCUT2D eigenvalue weighted by Crippen LogP contribution is 2.24. The van der Waals surface area contributed by atoms with Crippen LogP contribution in [0.4, 0.5) is 17.1 Å². The summed E-state index contributed by atoms with van der Waals surface area (Å²) in [5, 5.41) is 17.5. The first-order valence-electron chi connectivity index (χ1n) is 7.20. The average molecular weight is 309 g/mol. The van der Waals surface area contributed by atoms with E-state index in [1.807, 2.05) is 50.2 Å². The van der Waals surface area contributed by atoms with Crippen LogP contribution in [0.5, 0.6) is 0 Å². The Kier molecular flexibility index (Phi) is 5.25. The van der Waals surface area contributed by atoms with Crippen LogP contribution in [-0.2, 0) is 0 Å². The third kappa shape index (κ3) is 4.26. The van der Waals surface area contributed by atoms with Crippen LogP contribution in [0.25, 0.3) is 6.08 Å². The molecule has 0 atom stereocenters. The van der Waals surface area contributed by atoms with Gasteiger partial charge in [-0.1, -0.05) is 12.2 Å². The summed E-state index contributed by atoms with van der Waals surface area (Å²) in [6, 6.07) is 12.6. The monoisotopic (exact) mass is 309 g/mol. The smallest absolute Gasteiger partial charge is 0.336 e. The average Bonchev–Trinajstić information content (AvgIpc) is 2.53. The zero-order chi connectivity index (χ0) is 16.8. The third-order valence-electron chi connectivity index (χ3n) is 3.26. The molecule has 0 spiro atoms. The Balaban J connectivity index is 2.25. The number of carboxylic acids is 1. The van der Waals surface area contributed by atoms with E-state index in [4.69, 9.17) is 5.11 Å². The van der Waals surface area contributed by atoms with Crippen molar-refractivity contribution in [1.29, 1.82) is 0 Å². The van der Waals surface area contributed by atoms with Gasteiger partial charge in [-0.2, -0.15) is 10.2 Å². The molecule has 0 aromatic heterocycles. The lowest BCUT2D eigenvalue weighted by Crippen LogP contribution is -2.07. The Hall–Kier alpha value is -2.95. The van der Waals surface area contributed by atoms with E-state index in [0.29, 0.717) is 11.3 Å². The van der Waals surface area contributed by atoms with E-state index < -0.39 is 5.97 Å². The lowest BCUT2D eigenvalue weighted by Gasteiger charge is -2.11. The molecule has 0 fully saturated rings. The number of anilines is 1. The van der Waals surface area contributed by atoms with Crippen LogP contribution in [0.3, 0.4) is 0 Å². The topological polar surface area (TPSA) is 65.3 Å². The second-order valence-corrected chi connectivity index (χ2v) is 5.19. The molecule has 0 amide bonds. The minimum atomic E-state index is -0.958. The molecule has 118 valence electrons. The molecule has 2 aromatic rings. The van der Waals surface area contributed by atoms with Crippen LogP contribution in [0, 0.1) is 0 Å². The predicted octanol–water partition coefficient (Wildman–Crippen LogP) is 4.90. The normalized spacial score (nSPS) is 11.3. The van der Waals surface area contributed by atoms with Gasteiger partial charge in [0.15, 0.2) is 0 Å². The molecule has 0 saturated carbocycles. The molecule has 1 N–H and O–H groups in total. The van der Waals surface area contributed by atoms with Crippen molar-refractivity contribution in [3.8, 4) is 0 Å². The molecule has 0 aliphatic carbocycles. The Morgan fingerprint density at radius 1 is 1.04 bits per heavy atom. The minimum absolute atomic E-state index is 0.248. The lowest BCUT2D eigenvalue weighted by molar-refractivity contribution is 0.0696. The highest BCUT2D eigenvalue weighted by atomic mass is 16.4. The zero-order valence-electron chi connectivity index (χ0n) is 13.4. The van der Waals surface area contributed by atoms with Crippen molar-refractivity contribution in [3.63, 3.8) is 0 Å². The Morgan fingerprint density at radius 3 is 2.22 bits per heavy atom. The minimum Gasteiger partial charge on any atom is -0.478 e. The fourth-order valence-electron chi connectivity index (χ4n) is 2.06. The molecule has 0 saturated heterocycles. The van der Waals surface area contributed by atoms with Gasteiger partial charge < -0.3 is 10.0 Å². The van der Waals surface area contributed by atoms with Gasteiger partial charge in [0.25, 0.3) is 0 Å². The number of hydrogen-bond acceptors (Lipinski definition) is 4. The summed E-state index contributed by atoms with van der Waals surface area (Å²) in [4.78, 5) is 13.2. The van der Waals surface area contributed by atoms with Crippen LogP contribution >= 0.6 is 0 Å². The number of benzene rings is 2. The van der Waals surface area contributed by atoms with Crippen LogP contribution in [0.15, 0.2) is 58.8 Å². The van der Waals surface area contributed by atoms with Gasteiger partial charge in [-0.25, -0.2) is 4.79 Å². The molecule has 23 heavy (non-hydrogen) atoms. The van der Waals surface area contributed by atoms with E-state index >= 15 is 0 Å². The zero-order valence-corrected chi connectivity index (χ0v) is 13.4. The number of nitrogens with zero attached hydrogens (tertiary/aromatic N) is 3. The van der Waals surface area contributed by atoms with Crippen molar-refractivity contribution in [2.75, 3.05) is 19.0 Å². The van der Waals surface area contributed by atoms with Crippen LogP contribution < -0.4 is 4.90 Å². The molecule has 0 radical (unpaired) electrons. The van der Waals surface area contributed by atoms with Crippen molar-refractivity contribution in [2.24, 2.45) is 10.2 Å². The first-order valence-corrected chi connectivity index (χ1v) is 7.20. The van der Waals surface area contributed by atoms with Gasteiger partial charge in [-0.3, -0.25) is 0 Å². The first-order chi connectivity index (χ1) is 11.0. The lowest BCUT2D eigenvalue weighted by atomic mass is 10.1. The van der Waals surface area contributed by atoms with E-state index in [1.165, 1.54) is 0 Å². The highest BCUT2D eigenvalue weighted by molar-refractivity contribution is 5.92. The Bertz CT molecular complexity index is 747. The summed E-state index contributed by atoms with van der Waals surface area (Å²) >= 11 is 0. The number of carboxylic acid groups (broad SMARTS) is 1. The standard InChI is InChI=1S/C18H19N3O2/c1-4-5-13-12-15(8-11-17(13)18(22)23)20-19-14-6-9-16(10-7-14)21(2)3/h4-12H,1-3H3,(H,22,23)/b5-4+,20-19?. The molecule has 5 nitrogen and oxygen atoms in total. The van der Waals surface area contributed by atoms with Gasteiger partial charge in [0, 0.05) is 19.8 Å². The maximum Gasteiger partial charge on any atom is 0.336 e. The van der Waals surface area contributed by atoms with E-state index in [9.17, 15) is 4.79 Å². The number of rotatable bonds is 5. The molecule has 0 unspecified atom stereocenters. The molecule has 0 bridgehead atoms. The van der Waals surface area contributed by atoms with E-state index in [2.05, 4.69) is 10.2 Å². The number of aromatic carboxylic acids is 1. The van der Waals surface area contributed by atoms with Crippen LogP contribution in [0.1, 0.15) is 22.8 Å². The van der Waals surface area contributed by atoms with Gasteiger partial charge in [0.1, 0.15) is 0 Å². The Labute approximate surface area is 135 Å². The number of carbonyl (C=O) groups is 1. The number of allylic oxidation sites excluding steroid dienone is 1. The summed E-state index contributed by atoms with van der Waals surface area (Å²) < 4.78 is 0. The highest BCUT2D eigenvalue weighted by Gasteiger charge is 2.08. The molecule has 2 aromatic carbocycles. The van der Waals surface area contributed by atoms with E-state index in [0.717, 1.165) is 11.4 Å². The summed E-state index contributed by atoms with van der Waals surface area (Å²) in [5.41, 5.74) is 3.30. The van der Waals surface area contributed by atoms with Gasteiger partial charge in [0.05, 0.1) is 16.9 Å². The quantitative estimate of drug-likeness (QED) is 0.799. The van der Waals surface area contributed by atoms with E-state index in [-0.39, 0.29) is 5.56 Å². The van der Waals surface area contributed by atoms with Crippen molar-refractivity contribution < 1.29 is 9.90 Å². The van der Waals surface area contributed by atoms with Gasteiger partial charge >= 0.3 is 5.97 Å². The Morgan fingerprint density at radius 2 is 1.65 bits per heavy atom. The molecule has 0 heterocycles. The maximum atomic E-state index is 11.2. The molecule has 2 rings (SSSR count). The maximum absolute atomic E-state index is 11.2. The second kappa shape index (κ2) is 7.35. The fourth-order valence-corrected chi connectivity index (χ4v) is 2.06. The summed E-state index contributed by atoms with van der Waals surface area (Å²) in [6.07, 6.45) is 3.54. The summed E-state index contributed by atoms with van der Waals surface area (Å²) in [6.45, 7) is 1.84. The van der Waals surface area contributed by atoms with Gasteiger partial charge in [0.2, 0.25) is 0 Å². The van der Waals surface area contributed by atoms with Crippen LogP contribution in [-0.4, -0.2) is 25.2 Å². The molecule has 0 aliphatic rings. The predicted molar refractivity (Wildman–Crippen MR) is 93.1 cm³/mol. The van der Waals surface area contributed by atoms with Crippen LogP contribution in [0.2, 0.25) is 0 Å². The third-order valence-corrected chi connectivity index (χ3v) is 3.26. The summed E-state index contributed by atoms with van der Waals surface area (Å²) in [5.74, 6) is -0.958. The fraction of sp³-hybridized carbons (Fsp3) is 0.167. The SMILES string of the molecule is C/C=C/c1cc(N=Nc2ccc(N(C)C)cc2)ccc1C(=O)O. The second-order valence-electron chi connectivity index (χ2n) is 5.19. The van der Waals surface area contributed by atoms with Crippen molar-refractivity contribution in [2.45, 2.75) is 6.92 Å².